The number of unbranched alkanes of at least 4 members (excludes halogenated alkanes) is 1. The van der Waals surface area contributed by atoms with E-state index in [-0.39, 0.29) is 5.97 Å². The zero-order chi connectivity index (χ0) is 14.9. The highest BCUT2D eigenvalue weighted by atomic mass is 16.7. The molecule has 1 saturated heterocycles. The summed E-state index contributed by atoms with van der Waals surface area (Å²) in [6.07, 6.45) is 4.54. The Morgan fingerprint density at radius 3 is 2.71 bits per heavy atom. The van der Waals surface area contributed by atoms with Crippen LogP contribution in [0.25, 0.3) is 0 Å². The van der Waals surface area contributed by atoms with Gasteiger partial charge in [0.1, 0.15) is 11.4 Å². The quantitative estimate of drug-likeness (QED) is 0.458. The summed E-state index contributed by atoms with van der Waals surface area (Å²) in [5.41, 5.74) is -0.161. The predicted molar refractivity (Wildman–Crippen MR) is 78.2 cm³/mol. The van der Waals surface area contributed by atoms with Gasteiger partial charge >= 0.3 is 5.97 Å². The van der Waals surface area contributed by atoms with Crippen LogP contribution in [-0.4, -0.2) is 25.3 Å². The van der Waals surface area contributed by atoms with Crippen molar-refractivity contribution in [2.45, 2.75) is 50.2 Å². The largest absolute Gasteiger partial charge is 0.497 e. The van der Waals surface area contributed by atoms with E-state index in [1.54, 1.807) is 7.11 Å². The lowest BCUT2D eigenvalue weighted by molar-refractivity contribution is -0.150. The van der Waals surface area contributed by atoms with Crippen molar-refractivity contribution in [2.75, 3.05) is 13.7 Å². The first kappa shape index (κ1) is 14.4. The zero-order valence-electron chi connectivity index (χ0n) is 12.7. The Labute approximate surface area is 125 Å². The molecule has 1 saturated carbocycles. The summed E-state index contributed by atoms with van der Waals surface area (Å²) >= 11 is 0. The maximum Gasteiger partial charge on any atom is 0.341 e. The molecule has 21 heavy (non-hydrogen) atoms. The fourth-order valence-corrected chi connectivity index (χ4v) is 3.40. The van der Waals surface area contributed by atoms with Crippen molar-refractivity contribution in [1.29, 1.82) is 0 Å². The summed E-state index contributed by atoms with van der Waals surface area (Å²) in [5.74, 6) is 0.620. The van der Waals surface area contributed by atoms with Gasteiger partial charge in [0.2, 0.25) is 0 Å². The minimum atomic E-state index is -0.741. The lowest BCUT2D eigenvalue weighted by Gasteiger charge is -2.13. The monoisotopic (exact) mass is 290 g/mol. The van der Waals surface area contributed by atoms with Crippen molar-refractivity contribution in [2.24, 2.45) is 0 Å². The summed E-state index contributed by atoms with van der Waals surface area (Å²) in [6.45, 7) is 2.57. The van der Waals surface area contributed by atoms with Crippen molar-refractivity contribution in [3.05, 3.63) is 29.8 Å². The summed E-state index contributed by atoms with van der Waals surface area (Å²) in [5, 5.41) is 0. The van der Waals surface area contributed by atoms with Gasteiger partial charge in [0.05, 0.1) is 13.7 Å². The van der Waals surface area contributed by atoms with Gasteiger partial charge in [0.15, 0.2) is 5.60 Å². The standard InChI is InChI=1S/C17H22O4/c1-3-4-12-20-15(18)17-11-5-10-16(17,21-17)13-6-8-14(19-2)9-7-13/h6-9H,3-5,10-12H2,1-2H3. The molecule has 0 amide bonds. The topological polar surface area (TPSA) is 48.1 Å². The molecular weight excluding hydrogens is 268 g/mol. The summed E-state index contributed by atoms with van der Waals surface area (Å²) in [6, 6.07) is 7.81. The summed E-state index contributed by atoms with van der Waals surface area (Å²) in [7, 11) is 1.64. The van der Waals surface area contributed by atoms with Crippen LogP contribution in [0.1, 0.15) is 44.6 Å². The van der Waals surface area contributed by atoms with E-state index in [4.69, 9.17) is 14.2 Å². The molecule has 1 heterocycles. The number of epoxide rings is 1. The lowest BCUT2D eigenvalue weighted by Crippen LogP contribution is -2.30. The first-order chi connectivity index (χ1) is 10.2. The van der Waals surface area contributed by atoms with E-state index in [1.165, 1.54) is 0 Å². The number of ether oxygens (including phenoxy) is 3. The number of esters is 1. The van der Waals surface area contributed by atoms with Gasteiger partial charge in [-0.2, -0.15) is 0 Å². The van der Waals surface area contributed by atoms with Crippen LogP contribution in [0, 0.1) is 0 Å². The SMILES string of the molecule is CCCCOC(=O)C12CCCC1(c1ccc(OC)cc1)O2. The Morgan fingerprint density at radius 1 is 1.29 bits per heavy atom. The highest BCUT2D eigenvalue weighted by Gasteiger charge is 2.78. The van der Waals surface area contributed by atoms with Crippen molar-refractivity contribution in [1.82, 2.24) is 0 Å². The van der Waals surface area contributed by atoms with E-state index in [0.29, 0.717) is 6.61 Å². The molecule has 3 rings (SSSR count). The second-order valence-electron chi connectivity index (χ2n) is 5.83. The van der Waals surface area contributed by atoms with Crippen LogP contribution in [0.5, 0.6) is 5.75 Å². The third kappa shape index (κ3) is 2.13. The second-order valence-corrected chi connectivity index (χ2v) is 5.83. The zero-order valence-corrected chi connectivity index (χ0v) is 12.7. The minimum absolute atomic E-state index is 0.190. The first-order valence-electron chi connectivity index (χ1n) is 7.70. The number of hydrogen-bond donors (Lipinski definition) is 0. The molecule has 2 atom stereocenters. The van der Waals surface area contributed by atoms with Crippen molar-refractivity contribution >= 4 is 5.97 Å². The average Bonchev–Trinajstić information content (AvgIpc) is 3.05. The average molecular weight is 290 g/mol. The van der Waals surface area contributed by atoms with Crippen LogP contribution in [0.3, 0.4) is 0 Å². The maximum atomic E-state index is 12.4. The normalized spacial score (nSPS) is 29.8. The first-order valence-corrected chi connectivity index (χ1v) is 7.70. The van der Waals surface area contributed by atoms with E-state index in [1.807, 2.05) is 24.3 Å². The molecule has 2 aliphatic rings. The van der Waals surface area contributed by atoms with Gasteiger partial charge in [-0.05, 0) is 43.4 Å². The van der Waals surface area contributed by atoms with Crippen LogP contribution in [0.15, 0.2) is 24.3 Å². The third-order valence-electron chi connectivity index (χ3n) is 4.63. The molecule has 2 unspecified atom stereocenters. The Balaban J connectivity index is 1.77. The van der Waals surface area contributed by atoms with Crippen LogP contribution >= 0.6 is 0 Å². The molecule has 0 N–H and O–H groups in total. The highest BCUT2D eigenvalue weighted by molar-refractivity contribution is 5.86. The lowest BCUT2D eigenvalue weighted by atomic mass is 9.89. The maximum absolute atomic E-state index is 12.4. The van der Waals surface area contributed by atoms with Crippen molar-refractivity contribution < 1.29 is 19.0 Å². The fourth-order valence-electron chi connectivity index (χ4n) is 3.40. The van der Waals surface area contributed by atoms with Gasteiger partial charge in [-0.1, -0.05) is 25.5 Å². The number of fused-ring (bicyclic) bond motifs is 1. The number of carbonyl (C=O) groups is 1. The van der Waals surface area contributed by atoms with Gasteiger partial charge in [-0.15, -0.1) is 0 Å². The summed E-state index contributed by atoms with van der Waals surface area (Å²) in [4.78, 5) is 12.4. The Kier molecular flexibility index (Phi) is 3.66. The van der Waals surface area contributed by atoms with Crippen LogP contribution in [0.2, 0.25) is 0 Å². The third-order valence-corrected chi connectivity index (χ3v) is 4.63. The molecular formula is C17H22O4. The molecule has 114 valence electrons. The molecule has 1 aliphatic heterocycles. The van der Waals surface area contributed by atoms with Gasteiger partial charge in [0, 0.05) is 0 Å². The van der Waals surface area contributed by atoms with Crippen LogP contribution in [-0.2, 0) is 19.9 Å². The molecule has 4 heteroatoms. The van der Waals surface area contributed by atoms with Gasteiger partial charge in [-0.3, -0.25) is 0 Å². The molecule has 1 aromatic carbocycles. The molecule has 0 aromatic heterocycles. The van der Waals surface area contributed by atoms with Crippen molar-refractivity contribution in [3.63, 3.8) is 0 Å². The molecule has 1 aromatic rings. The van der Waals surface area contributed by atoms with E-state index < -0.39 is 11.2 Å². The predicted octanol–water partition coefficient (Wildman–Crippen LogP) is 3.19. The highest BCUT2D eigenvalue weighted by Crippen LogP contribution is 2.66. The van der Waals surface area contributed by atoms with Gasteiger partial charge in [0.25, 0.3) is 0 Å². The Hall–Kier alpha value is -1.55. The number of carbonyl (C=O) groups excluding carboxylic acids is 1. The fraction of sp³-hybridized carbons (Fsp3) is 0.588. The number of hydrogen-bond acceptors (Lipinski definition) is 4. The molecule has 0 radical (unpaired) electrons. The Morgan fingerprint density at radius 2 is 2.05 bits per heavy atom. The van der Waals surface area contributed by atoms with Crippen LogP contribution < -0.4 is 4.74 Å². The number of rotatable bonds is 6. The molecule has 2 fully saturated rings. The number of benzene rings is 1. The number of methoxy groups -OCH3 is 1. The van der Waals surface area contributed by atoms with E-state index >= 15 is 0 Å². The summed E-state index contributed by atoms with van der Waals surface area (Å²) < 4.78 is 16.6. The molecule has 0 spiro atoms. The molecule has 4 nitrogen and oxygen atoms in total. The van der Waals surface area contributed by atoms with Crippen molar-refractivity contribution in [3.8, 4) is 5.75 Å². The minimum Gasteiger partial charge on any atom is -0.497 e. The van der Waals surface area contributed by atoms with E-state index in [0.717, 1.165) is 43.4 Å². The Bertz CT molecular complexity index is 524. The molecule has 0 bridgehead atoms. The second kappa shape index (κ2) is 5.34. The van der Waals surface area contributed by atoms with E-state index in [9.17, 15) is 4.79 Å². The molecule has 1 aliphatic carbocycles. The van der Waals surface area contributed by atoms with Gasteiger partial charge < -0.3 is 14.2 Å². The van der Waals surface area contributed by atoms with Crippen LogP contribution in [0.4, 0.5) is 0 Å². The smallest absolute Gasteiger partial charge is 0.341 e. The van der Waals surface area contributed by atoms with Gasteiger partial charge in [-0.25, -0.2) is 4.79 Å². The van der Waals surface area contributed by atoms with E-state index in [2.05, 4.69) is 6.92 Å².